The summed E-state index contributed by atoms with van der Waals surface area (Å²) < 4.78 is 38.5. The van der Waals surface area contributed by atoms with Crippen LogP contribution in [0.2, 0.25) is 0 Å². The van der Waals surface area contributed by atoms with E-state index < -0.39 is 9.84 Å². The van der Waals surface area contributed by atoms with Gasteiger partial charge < -0.3 is 5.32 Å². The predicted molar refractivity (Wildman–Crippen MR) is 110 cm³/mol. The summed E-state index contributed by atoms with van der Waals surface area (Å²) in [6, 6.07) is 11.4. The number of halogens is 1. The monoisotopic (exact) mass is 433 g/mol. The molecule has 1 aliphatic heterocycles. The number of sulfone groups is 1. The second-order valence-electron chi connectivity index (χ2n) is 7.03. The van der Waals surface area contributed by atoms with E-state index in [1.165, 1.54) is 23.5 Å². The van der Waals surface area contributed by atoms with E-state index in [1.807, 2.05) is 17.5 Å². The molecule has 0 aliphatic carbocycles. The smallest absolute Gasteiger partial charge is 0.271 e. The SMILES string of the molecule is O=C(NCCc1ccc(F)cc1)c1cc(-c2cccs2)n([C@H]2CCS(=O)(=O)C2)n1. The molecular weight excluding hydrogens is 413 g/mol. The minimum absolute atomic E-state index is 0.0404. The normalized spacial score (nSPS) is 18.0. The molecule has 1 saturated heterocycles. The highest BCUT2D eigenvalue weighted by Crippen LogP contribution is 2.32. The molecule has 1 N–H and O–H groups in total. The molecule has 1 fully saturated rings. The van der Waals surface area contributed by atoms with Crippen molar-refractivity contribution in [1.82, 2.24) is 15.1 Å². The van der Waals surface area contributed by atoms with E-state index in [4.69, 9.17) is 0 Å². The molecule has 0 saturated carbocycles. The highest BCUT2D eigenvalue weighted by atomic mass is 32.2. The van der Waals surface area contributed by atoms with Gasteiger partial charge in [-0.3, -0.25) is 9.48 Å². The van der Waals surface area contributed by atoms with Crippen LogP contribution in [0.15, 0.2) is 47.8 Å². The number of hydrogen-bond acceptors (Lipinski definition) is 5. The molecule has 4 rings (SSSR count). The van der Waals surface area contributed by atoms with E-state index in [1.54, 1.807) is 22.9 Å². The first-order valence-electron chi connectivity index (χ1n) is 9.28. The van der Waals surface area contributed by atoms with Crippen molar-refractivity contribution in [3.63, 3.8) is 0 Å². The summed E-state index contributed by atoms with van der Waals surface area (Å²) in [6.07, 6.45) is 1.07. The molecule has 1 aromatic carbocycles. The van der Waals surface area contributed by atoms with Crippen molar-refractivity contribution in [2.45, 2.75) is 18.9 Å². The molecule has 0 unspecified atom stereocenters. The second-order valence-corrected chi connectivity index (χ2v) is 10.2. The summed E-state index contributed by atoms with van der Waals surface area (Å²) in [6.45, 7) is 0.392. The van der Waals surface area contributed by atoms with Gasteiger partial charge in [0, 0.05) is 6.54 Å². The van der Waals surface area contributed by atoms with Crippen LogP contribution in [-0.4, -0.2) is 42.2 Å². The van der Waals surface area contributed by atoms with Crippen LogP contribution in [0.5, 0.6) is 0 Å². The highest BCUT2D eigenvalue weighted by molar-refractivity contribution is 7.91. The molecule has 1 atom stereocenters. The predicted octanol–water partition coefficient (Wildman–Crippen LogP) is 3.08. The Morgan fingerprint density at radius 1 is 1.28 bits per heavy atom. The number of carbonyl (C=O) groups excluding carboxylic acids is 1. The van der Waals surface area contributed by atoms with Crippen molar-refractivity contribution >= 4 is 27.1 Å². The summed E-state index contributed by atoms with van der Waals surface area (Å²) in [4.78, 5) is 13.5. The third-order valence-electron chi connectivity index (χ3n) is 4.91. The third-order valence-corrected chi connectivity index (χ3v) is 7.55. The van der Waals surface area contributed by atoms with E-state index in [-0.39, 0.29) is 35.0 Å². The zero-order chi connectivity index (χ0) is 20.4. The third kappa shape index (κ3) is 4.56. The van der Waals surface area contributed by atoms with Crippen LogP contribution in [-0.2, 0) is 16.3 Å². The number of amides is 1. The molecule has 3 heterocycles. The largest absolute Gasteiger partial charge is 0.350 e. The van der Waals surface area contributed by atoms with Crippen LogP contribution >= 0.6 is 11.3 Å². The van der Waals surface area contributed by atoms with Crippen molar-refractivity contribution in [2.24, 2.45) is 0 Å². The number of nitrogens with one attached hydrogen (secondary N) is 1. The summed E-state index contributed by atoms with van der Waals surface area (Å²) in [7, 11) is -3.07. The molecule has 2 aromatic heterocycles. The van der Waals surface area contributed by atoms with Gasteiger partial charge in [-0.25, -0.2) is 12.8 Å². The van der Waals surface area contributed by atoms with E-state index in [9.17, 15) is 17.6 Å². The maximum absolute atomic E-state index is 13.0. The number of thiophene rings is 1. The topological polar surface area (TPSA) is 81.1 Å². The van der Waals surface area contributed by atoms with Gasteiger partial charge in [-0.2, -0.15) is 5.10 Å². The zero-order valence-corrected chi connectivity index (χ0v) is 17.2. The lowest BCUT2D eigenvalue weighted by atomic mass is 10.1. The van der Waals surface area contributed by atoms with E-state index in [0.717, 1.165) is 16.1 Å². The van der Waals surface area contributed by atoms with Crippen LogP contribution in [0.4, 0.5) is 4.39 Å². The summed E-state index contributed by atoms with van der Waals surface area (Å²) in [5.74, 6) is -0.429. The fourth-order valence-corrected chi connectivity index (χ4v) is 5.85. The van der Waals surface area contributed by atoms with Crippen molar-refractivity contribution < 1.29 is 17.6 Å². The molecule has 0 radical (unpaired) electrons. The minimum Gasteiger partial charge on any atom is -0.350 e. The summed E-state index contributed by atoms with van der Waals surface area (Å²) in [5.41, 5.74) is 1.94. The lowest BCUT2D eigenvalue weighted by Crippen LogP contribution is -2.26. The Morgan fingerprint density at radius 2 is 2.07 bits per heavy atom. The molecule has 6 nitrogen and oxygen atoms in total. The molecule has 1 aliphatic rings. The van der Waals surface area contributed by atoms with Crippen molar-refractivity contribution in [3.05, 3.63) is 64.9 Å². The Hall–Kier alpha value is -2.52. The minimum atomic E-state index is -3.07. The van der Waals surface area contributed by atoms with Gasteiger partial charge in [-0.05, 0) is 48.1 Å². The first-order valence-corrected chi connectivity index (χ1v) is 12.0. The molecule has 29 heavy (non-hydrogen) atoms. The average molecular weight is 434 g/mol. The number of benzene rings is 1. The van der Waals surface area contributed by atoms with Gasteiger partial charge in [0.15, 0.2) is 15.5 Å². The summed E-state index contributed by atoms with van der Waals surface area (Å²) >= 11 is 1.52. The Morgan fingerprint density at radius 3 is 2.72 bits per heavy atom. The Bertz CT molecular complexity index is 1110. The van der Waals surface area contributed by atoms with Crippen LogP contribution in [0.1, 0.15) is 28.5 Å². The molecular formula is C20H20FN3O3S2. The van der Waals surface area contributed by atoms with Gasteiger partial charge >= 0.3 is 0 Å². The number of hydrogen-bond donors (Lipinski definition) is 1. The fraction of sp³-hybridized carbons (Fsp3) is 0.300. The van der Waals surface area contributed by atoms with Crippen molar-refractivity contribution in [3.8, 4) is 10.6 Å². The van der Waals surface area contributed by atoms with Gasteiger partial charge in [0.2, 0.25) is 0 Å². The molecule has 1 amide bonds. The van der Waals surface area contributed by atoms with E-state index in [0.29, 0.717) is 19.4 Å². The summed E-state index contributed by atoms with van der Waals surface area (Å²) in [5, 5.41) is 9.21. The van der Waals surface area contributed by atoms with Gasteiger partial charge in [0.05, 0.1) is 28.1 Å². The van der Waals surface area contributed by atoms with Crippen molar-refractivity contribution in [2.75, 3.05) is 18.1 Å². The number of aromatic nitrogens is 2. The van der Waals surface area contributed by atoms with Crippen LogP contribution in [0.3, 0.4) is 0 Å². The van der Waals surface area contributed by atoms with Crippen LogP contribution in [0, 0.1) is 5.82 Å². The molecule has 9 heteroatoms. The lowest BCUT2D eigenvalue weighted by Gasteiger charge is -2.12. The quantitative estimate of drug-likeness (QED) is 0.648. The number of rotatable bonds is 6. The molecule has 0 bridgehead atoms. The van der Waals surface area contributed by atoms with E-state index >= 15 is 0 Å². The number of carbonyl (C=O) groups is 1. The Kier molecular flexibility index (Phi) is 5.51. The van der Waals surface area contributed by atoms with Gasteiger partial charge in [-0.1, -0.05) is 18.2 Å². The Balaban J connectivity index is 1.50. The molecule has 3 aromatic rings. The fourth-order valence-electron chi connectivity index (χ4n) is 3.42. The van der Waals surface area contributed by atoms with Gasteiger partial charge in [0.25, 0.3) is 5.91 Å². The van der Waals surface area contributed by atoms with Crippen LogP contribution in [0.25, 0.3) is 10.6 Å². The Labute approximate surface area is 172 Å². The first-order chi connectivity index (χ1) is 13.9. The van der Waals surface area contributed by atoms with E-state index in [2.05, 4.69) is 10.4 Å². The number of nitrogens with zero attached hydrogens (tertiary/aromatic N) is 2. The molecule has 152 valence electrons. The first kappa shape index (κ1) is 19.8. The molecule has 0 spiro atoms. The maximum Gasteiger partial charge on any atom is 0.271 e. The van der Waals surface area contributed by atoms with Crippen molar-refractivity contribution in [1.29, 1.82) is 0 Å². The second kappa shape index (κ2) is 8.08. The lowest BCUT2D eigenvalue weighted by molar-refractivity contribution is 0.0948. The zero-order valence-electron chi connectivity index (χ0n) is 15.5. The van der Waals surface area contributed by atoms with Crippen LogP contribution < -0.4 is 5.32 Å². The van der Waals surface area contributed by atoms with Gasteiger partial charge in [0.1, 0.15) is 5.82 Å². The highest BCUT2D eigenvalue weighted by Gasteiger charge is 2.32. The average Bonchev–Trinajstić information content (AvgIpc) is 3.41. The van der Waals surface area contributed by atoms with Gasteiger partial charge in [-0.15, -0.1) is 11.3 Å². The maximum atomic E-state index is 13.0. The standard InChI is InChI=1S/C20H20FN3O3S2/c21-15-5-3-14(4-6-15)7-9-22-20(25)17-12-18(19-2-1-10-28-19)24(23-17)16-8-11-29(26,27)13-16/h1-6,10,12,16H,7-9,11,13H2,(H,22,25)/t16-/m0/s1.